The van der Waals surface area contributed by atoms with Crippen molar-refractivity contribution in [2.24, 2.45) is 0 Å². The summed E-state index contributed by atoms with van der Waals surface area (Å²) in [7, 11) is 0. The molecule has 0 aliphatic heterocycles. The van der Waals surface area contributed by atoms with Crippen molar-refractivity contribution in [1.29, 1.82) is 0 Å². The van der Waals surface area contributed by atoms with Crippen molar-refractivity contribution in [1.82, 2.24) is 10.9 Å². The van der Waals surface area contributed by atoms with Crippen LogP contribution in [-0.2, 0) is 9.59 Å². The third-order valence-electron chi connectivity index (χ3n) is 3.74. The third kappa shape index (κ3) is 6.70. The summed E-state index contributed by atoms with van der Waals surface area (Å²) in [6.07, 6.45) is -0.738. The van der Waals surface area contributed by atoms with Gasteiger partial charge in [-0.05, 0) is 57.2 Å². The van der Waals surface area contributed by atoms with Crippen molar-refractivity contribution < 1.29 is 23.9 Å². The zero-order valence-electron chi connectivity index (χ0n) is 16.1. The number of nitrogens with one attached hydrogen (secondary N) is 2. The summed E-state index contributed by atoms with van der Waals surface area (Å²) < 4.78 is 10.9. The standard InChI is InChI=1S/C20H24N2O5S/c1-4-26-15-6-8-16(9-7-15)27-14(3)20(25)22-21-19(24)12-10-17(23)18-11-5-13(2)28-18/h5-9,11,14H,4,10,12H2,1-3H3,(H,21,24)(H,22,25). The van der Waals surface area contributed by atoms with Gasteiger partial charge in [-0.15, -0.1) is 11.3 Å². The largest absolute Gasteiger partial charge is 0.494 e. The molecule has 2 rings (SSSR count). The van der Waals surface area contributed by atoms with E-state index in [1.165, 1.54) is 11.3 Å². The molecule has 0 radical (unpaired) electrons. The molecule has 150 valence electrons. The second-order valence-corrected chi connectivity index (χ2v) is 7.32. The highest BCUT2D eigenvalue weighted by molar-refractivity contribution is 7.14. The van der Waals surface area contributed by atoms with E-state index in [0.717, 1.165) is 4.88 Å². The van der Waals surface area contributed by atoms with Gasteiger partial charge in [-0.25, -0.2) is 0 Å². The second-order valence-electron chi connectivity index (χ2n) is 6.04. The van der Waals surface area contributed by atoms with Crippen molar-refractivity contribution in [2.75, 3.05) is 6.61 Å². The summed E-state index contributed by atoms with van der Waals surface area (Å²) in [6, 6.07) is 10.5. The van der Waals surface area contributed by atoms with Crippen LogP contribution in [0, 0.1) is 6.92 Å². The van der Waals surface area contributed by atoms with Gasteiger partial charge in [-0.2, -0.15) is 0 Å². The summed E-state index contributed by atoms with van der Waals surface area (Å²) in [4.78, 5) is 37.5. The Balaban J connectivity index is 1.71. The summed E-state index contributed by atoms with van der Waals surface area (Å²) >= 11 is 1.40. The van der Waals surface area contributed by atoms with Gasteiger partial charge in [0.05, 0.1) is 11.5 Å². The Labute approximate surface area is 168 Å². The van der Waals surface area contributed by atoms with E-state index in [1.54, 1.807) is 37.3 Å². The summed E-state index contributed by atoms with van der Waals surface area (Å²) in [5.41, 5.74) is 4.60. The summed E-state index contributed by atoms with van der Waals surface area (Å²) in [5, 5.41) is 0. The van der Waals surface area contributed by atoms with Gasteiger partial charge in [0.25, 0.3) is 5.91 Å². The highest BCUT2D eigenvalue weighted by Gasteiger charge is 2.16. The maximum atomic E-state index is 12.0. The van der Waals surface area contributed by atoms with Crippen LogP contribution in [0.3, 0.4) is 0 Å². The average molecular weight is 404 g/mol. The minimum atomic E-state index is -0.811. The maximum Gasteiger partial charge on any atom is 0.279 e. The molecule has 0 fully saturated rings. The fourth-order valence-corrected chi connectivity index (χ4v) is 3.10. The first-order valence-corrected chi connectivity index (χ1v) is 9.78. The molecule has 2 aromatic rings. The van der Waals surface area contributed by atoms with Crippen molar-refractivity contribution in [3.05, 3.63) is 46.2 Å². The van der Waals surface area contributed by atoms with Crippen LogP contribution in [0.2, 0.25) is 0 Å². The van der Waals surface area contributed by atoms with Crippen LogP contribution in [0.15, 0.2) is 36.4 Å². The fraction of sp³-hybridized carbons (Fsp3) is 0.350. The smallest absolute Gasteiger partial charge is 0.279 e. The van der Waals surface area contributed by atoms with E-state index >= 15 is 0 Å². The number of Topliss-reactive ketones (excluding diaryl/α,β-unsaturated/α-hetero) is 1. The van der Waals surface area contributed by atoms with Gasteiger partial charge in [0.1, 0.15) is 11.5 Å². The molecule has 0 aliphatic rings. The number of hydrogen-bond acceptors (Lipinski definition) is 6. The van der Waals surface area contributed by atoms with Crippen LogP contribution in [0.5, 0.6) is 11.5 Å². The number of ketones is 1. The van der Waals surface area contributed by atoms with Crippen molar-refractivity contribution in [2.45, 2.75) is 39.7 Å². The lowest BCUT2D eigenvalue weighted by atomic mass is 10.2. The van der Waals surface area contributed by atoms with Crippen molar-refractivity contribution in [3.63, 3.8) is 0 Å². The second kappa shape index (κ2) is 10.5. The molecule has 2 N–H and O–H groups in total. The molecule has 1 unspecified atom stereocenters. The first kappa shape index (κ1) is 21.4. The monoisotopic (exact) mass is 404 g/mol. The predicted octanol–water partition coefficient (Wildman–Crippen LogP) is 3.03. The average Bonchev–Trinajstić information content (AvgIpc) is 3.12. The Morgan fingerprint density at radius 3 is 2.29 bits per heavy atom. The molecule has 0 spiro atoms. The summed E-state index contributed by atoms with van der Waals surface area (Å²) in [5.74, 6) is 0.193. The van der Waals surface area contributed by atoms with E-state index in [1.807, 2.05) is 19.9 Å². The normalized spacial score (nSPS) is 11.4. The number of thiophene rings is 1. The lowest BCUT2D eigenvalue weighted by Gasteiger charge is -2.15. The number of hydrogen-bond donors (Lipinski definition) is 2. The molecular weight excluding hydrogens is 380 g/mol. The molecule has 1 aromatic heterocycles. The van der Waals surface area contributed by atoms with E-state index in [0.29, 0.717) is 23.0 Å². The Morgan fingerprint density at radius 2 is 1.68 bits per heavy atom. The van der Waals surface area contributed by atoms with Crippen LogP contribution in [0.1, 0.15) is 41.2 Å². The van der Waals surface area contributed by atoms with Gasteiger partial charge in [0.2, 0.25) is 5.91 Å². The Hall–Kier alpha value is -2.87. The van der Waals surface area contributed by atoms with E-state index in [9.17, 15) is 14.4 Å². The molecule has 0 saturated carbocycles. The van der Waals surface area contributed by atoms with Gasteiger partial charge in [-0.3, -0.25) is 25.2 Å². The molecule has 1 heterocycles. The van der Waals surface area contributed by atoms with Crippen LogP contribution >= 0.6 is 11.3 Å². The number of carbonyl (C=O) groups excluding carboxylic acids is 3. The van der Waals surface area contributed by atoms with E-state index in [2.05, 4.69) is 10.9 Å². The van der Waals surface area contributed by atoms with E-state index < -0.39 is 17.9 Å². The van der Waals surface area contributed by atoms with Gasteiger partial charge in [0.15, 0.2) is 11.9 Å². The molecule has 2 amide bonds. The molecule has 0 aliphatic carbocycles. The van der Waals surface area contributed by atoms with Gasteiger partial charge < -0.3 is 9.47 Å². The molecule has 1 aromatic carbocycles. The topological polar surface area (TPSA) is 93.7 Å². The number of aryl methyl sites for hydroxylation is 1. The Kier molecular flexibility index (Phi) is 8.01. The number of rotatable bonds is 9. The Morgan fingerprint density at radius 1 is 1.00 bits per heavy atom. The minimum absolute atomic E-state index is 0.00973. The van der Waals surface area contributed by atoms with E-state index in [4.69, 9.17) is 9.47 Å². The summed E-state index contributed by atoms with van der Waals surface area (Å²) in [6.45, 7) is 5.95. The molecule has 28 heavy (non-hydrogen) atoms. The van der Waals surface area contributed by atoms with Crippen molar-refractivity contribution in [3.8, 4) is 11.5 Å². The number of amides is 2. The van der Waals surface area contributed by atoms with Crippen LogP contribution < -0.4 is 20.3 Å². The van der Waals surface area contributed by atoms with Gasteiger partial charge in [-0.1, -0.05) is 0 Å². The number of ether oxygens (including phenoxy) is 2. The molecular formula is C20H24N2O5S. The first-order chi connectivity index (χ1) is 13.4. The van der Waals surface area contributed by atoms with Gasteiger partial charge >= 0.3 is 0 Å². The number of benzene rings is 1. The molecule has 7 nitrogen and oxygen atoms in total. The molecule has 0 saturated heterocycles. The predicted molar refractivity (Wildman–Crippen MR) is 107 cm³/mol. The third-order valence-corrected chi connectivity index (χ3v) is 4.78. The number of hydrazine groups is 1. The Bertz CT molecular complexity index is 816. The molecule has 0 bridgehead atoms. The zero-order chi connectivity index (χ0) is 20.5. The first-order valence-electron chi connectivity index (χ1n) is 8.97. The lowest BCUT2D eigenvalue weighted by Crippen LogP contribution is -2.47. The van der Waals surface area contributed by atoms with Crippen LogP contribution in [0.4, 0.5) is 0 Å². The molecule has 8 heteroatoms. The van der Waals surface area contributed by atoms with Crippen LogP contribution in [0.25, 0.3) is 0 Å². The number of carbonyl (C=O) groups is 3. The SMILES string of the molecule is CCOc1ccc(OC(C)C(=O)NNC(=O)CCC(=O)c2ccc(C)s2)cc1. The van der Waals surface area contributed by atoms with Crippen molar-refractivity contribution >= 4 is 28.9 Å². The quantitative estimate of drug-likeness (QED) is 0.495. The van der Waals surface area contributed by atoms with E-state index in [-0.39, 0.29) is 18.6 Å². The highest BCUT2D eigenvalue weighted by Crippen LogP contribution is 2.19. The highest BCUT2D eigenvalue weighted by atomic mass is 32.1. The minimum Gasteiger partial charge on any atom is -0.494 e. The molecule has 1 atom stereocenters. The fourth-order valence-electron chi connectivity index (χ4n) is 2.27. The van der Waals surface area contributed by atoms with Gasteiger partial charge in [0, 0.05) is 17.7 Å². The zero-order valence-corrected chi connectivity index (χ0v) is 16.9. The van der Waals surface area contributed by atoms with Crippen LogP contribution in [-0.4, -0.2) is 30.3 Å². The lowest BCUT2D eigenvalue weighted by molar-refractivity contribution is -0.132. The maximum absolute atomic E-state index is 12.0.